The van der Waals surface area contributed by atoms with E-state index < -0.39 is 5.97 Å². The van der Waals surface area contributed by atoms with Crippen molar-refractivity contribution < 1.29 is 19.4 Å². The number of hydrogen-bond acceptors (Lipinski definition) is 4. The van der Waals surface area contributed by atoms with E-state index >= 15 is 0 Å². The summed E-state index contributed by atoms with van der Waals surface area (Å²) < 4.78 is 4.83. The number of rotatable bonds is 9. The third kappa shape index (κ3) is 8.82. The van der Waals surface area contributed by atoms with Gasteiger partial charge < -0.3 is 20.1 Å². The maximum atomic E-state index is 11.6. The Bertz CT molecular complexity index is 238. The van der Waals surface area contributed by atoms with Crippen molar-refractivity contribution in [2.45, 2.75) is 6.42 Å². The fraction of sp³-hybridized carbons (Fsp3) is 0.800. The lowest BCUT2D eigenvalue weighted by Gasteiger charge is -2.20. The highest BCUT2D eigenvalue weighted by molar-refractivity contribution is 7.98. The average molecular weight is 264 g/mol. The third-order valence-corrected chi connectivity index (χ3v) is 2.68. The van der Waals surface area contributed by atoms with Crippen LogP contribution in [0.25, 0.3) is 0 Å². The fourth-order valence-electron chi connectivity index (χ4n) is 1.14. The van der Waals surface area contributed by atoms with Crippen LogP contribution in [0.2, 0.25) is 0 Å². The molecule has 0 aliphatic heterocycles. The number of nitrogens with one attached hydrogen (secondary N) is 1. The number of aliphatic carboxylic acids is 1. The van der Waals surface area contributed by atoms with Gasteiger partial charge in [-0.2, -0.15) is 11.8 Å². The predicted octanol–water partition coefficient (Wildman–Crippen LogP) is 0.482. The lowest BCUT2D eigenvalue weighted by molar-refractivity contribution is -0.137. The van der Waals surface area contributed by atoms with Crippen LogP contribution < -0.4 is 5.32 Å². The first-order valence-corrected chi connectivity index (χ1v) is 6.73. The number of ether oxygens (including phenoxy) is 1. The topological polar surface area (TPSA) is 78.9 Å². The van der Waals surface area contributed by atoms with Gasteiger partial charge in [-0.3, -0.25) is 4.79 Å². The molecule has 0 saturated heterocycles. The van der Waals surface area contributed by atoms with E-state index in [-0.39, 0.29) is 19.1 Å². The predicted molar refractivity (Wildman–Crippen MR) is 67.5 cm³/mol. The number of methoxy groups -OCH3 is 1. The number of urea groups is 1. The van der Waals surface area contributed by atoms with E-state index in [0.717, 1.165) is 12.2 Å². The summed E-state index contributed by atoms with van der Waals surface area (Å²) in [4.78, 5) is 23.5. The van der Waals surface area contributed by atoms with Crippen molar-refractivity contribution in [3.05, 3.63) is 0 Å². The van der Waals surface area contributed by atoms with Crippen LogP contribution in [0, 0.1) is 0 Å². The van der Waals surface area contributed by atoms with E-state index in [1.165, 1.54) is 12.0 Å². The minimum atomic E-state index is -1.03. The molecule has 0 saturated carbocycles. The molecule has 7 heteroatoms. The van der Waals surface area contributed by atoms with Gasteiger partial charge in [0.1, 0.15) is 6.54 Å². The Morgan fingerprint density at radius 3 is 2.71 bits per heavy atom. The Balaban J connectivity index is 3.98. The van der Waals surface area contributed by atoms with Crippen molar-refractivity contribution in [1.82, 2.24) is 10.2 Å². The summed E-state index contributed by atoms with van der Waals surface area (Å²) in [6, 6.07) is -0.356. The zero-order chi connectivity index (χ0) is 13.1. The van der Waals surface area contributed by atoms with Gasteiger partial charge in [-0.1, -0.05) is 0 Å². The number of carbonyl (C=O) groups excluding carboxylic acids is 1. The first-order valence-electron chi connectivity index (χ1n) is 5.34. The van der Waals surface area contributed by atoms with Crippen molar-refractivity contribution in [2.24, 2.45) is 0 Å². The highest BCUT2D eigenvalue weighted by Crippen LogP contribution is 1.95. The molecule has 2 amide bonds. The number of carbonyl (C=O) groups is 2. The van der Waals surface area contributed by atoms with Gasteiger partial charge in [0.25, 0.3) is 0 Å². The first-order chi connectivity index (χ1) is 8.11. The van der Waals surface area contributed by atoms with Gasteiger partial charge in [0.2, 0.25) is 0 Å². The number of thioether (sulfide) groups is 1. The molecule has 0 spiro atoms. The molecule has 2 N–H and O–H groups in total. The van der Waals surface area contributed by atoms with E-state index in [1.807, 2.05) is 6.26 Å². The summed E-state index contributed by atoms with van der Waals surface area (Å²) >= 11 is 1.71. The monoisotopic (exact) mass is 264 g/mol. The summed E-state index contributed by atoms with van der Waals surface area (Å²) in [5.41, 5.74) is 0. The van der Waals surface area contributed by atoms with E-state index in [9.17, 15) is 9.59 Å². The Morgan fingerprint density at radius 1 is 1.47 bits per heavy atom. The minimum Gasteiger partial charge on any atom is -0.480 e. The van der Waals surface area contributed by atoms with Crippen LogP contribution in [-0.2, 0) is 9.53 Å². The Labute approximate surface area is 106 Å². The molecule has 0 unspecified atom stereocenters. The number of carboxylic acid groups (broad SMARTS) is 1. The number of nitrogens with zero attached hydrogens (tertiary/aromatic N) is 1. The molecular weight excluding hydrogens is 244 g/mol. The van der Waals surface area contributed by atoms with E-state index in [4.69, 9.17) is 9.84 Å². The number of carboxylic acids is 1. The minimum absolute atomic E-state index is 0.275. The van der Waals surface area contributed by atoms with Crippen LogP contribution in [0.4, 0.5) is 4.79 Å². The third-order valence-electron chi connectivity index (χ3n) is 1.98. The van der Waals surface area contributed by atoms with Crippen LogP contribution in [0.3, 0.4) is 0 Å². The van der Waals surface area contributed by atoms with Gasteiger partial charge in [0, 0.05) is 20.2 Å². The zero-order valence-electron chi connectivity index (χ0n) is 10.3. The highest BCUT2D eigenvalue weighted by Gasteiger charge is 2.15. The summed E-state index contributed by atoms with van der Waals surface area (Å²) in [6.45, 7) is 0.850. The number of hydrogen-bond donors (Lipinski definition) is 2. The lowest BCUT2D eigenvalue weighted by atomic mass is 10.4. The summed E-state index contributed by atoms with van der Waals surface area (Å²) in [6.07, 6.45) is 2.87. The molecule has 0 aromatic rings. The van der Waals surface area contributed by atoms with E-state index in [1.54, 1.807) is 11.8 Å². The smallest absolute Gasteiger partial charge is 0.323 e. The van der Waals surface area contributed by atoms with Crippen molar-refractivity contribution in [2.75, 3.05) is 45.4 Å². The number of amides is 2. The fourth-order valence-corrected chi connectivity index (χ4v) is 1.57. The highest BCUT2D eigenvalue weighted by atomic mass is 32.2. The maximum absolute atomic E-state index is 11.6. The lowest BCUT2D eigenvalue weighted by Crippen LogP contribution is -2.44. The van der Waals surface area contributed by atoms with Crippen molar-refractivity contribution in [3.63, 3.8) is 0 Å². The van der Waals surface area contributed by atoms with Crippen molar-refractivity contribution in [3.8, 4) is 0 Å². The first kappa shape index (κ1) is 16.1. The van der Waals surface area contributed by atoms with Crippen LogP contribution in [0.5, 0.6) is 0 Å². The molecule has 0 radical (unpaired) electrons. The molecule has 0 aromatic carbocycles. The SMILES string of the molecule is COCCN(CC(=O)O)C(=O)NCCCSC. The van der Waals surface area contributed by atoms with Crippen LogP contribution in [0.1, 0.15) is 6.42 Å². The summed E-state index contributed by atoms with van der Waals surface area (Å²) in [5, 5.41) is 11.4. The molecule has 6 nitrogen and oxygen atoms in total. The Morgan fingerprint density at radius 2 is 2.18 bits per heavy atom. The van der Waals surface area contributed by atoms with E-state index in [2.05, 4.69) is 5.32 Å². The van der Waals surface area contributed by atoms with Crippen LogP contribution in [0.15, 0.2) is 0 Å². The standard InChI is InChI=1S/C10H20N2O4S/c1-16-6-5-12(8-9(13)14)10(15)11-4-3-7-17-2/h3-8H2,1-2H3,(H,11,15)(H,13,14). The van der Waals surface area contributed by atoms with Gasteiger partial charge in [-0.15, -0.1) is 0 Å². The van der Waals surface area contributed by atoms with Crippen molar-refractivity contribution >= 4 is 23.8 Å². The molecule has 100 valence electrons. The molecule has 17 heavy (non-hydrogen) atoms. The molecule has 0 aliphatic carbocycles. The van der Waals surface area contributed by atoms with Gasteiger partial charge in [-0.05, 0) is 18.4 Å². The van der Waals surface area contributed by atoms with E-state index in [0.29, 0.717) is 13.2 Å². The molecule has 0 rings (SSSR count). The molecule has 0 atom stereocenters. The Hall–Kier alpha value is -0.950. The quantitative estimate of drug-likeness (QED) is 0.592. The van der Waals surface area contributed by atoms with Crippen LogP contribution >= 0.6 is 11.8 Å². The molecule has 0 aromatic heterocycles. The second kappa shape index (κ2) is 10.2. The van der Waals surface area contributed by atoms with Gasteiger partial charge in [-0.25, -0.2) is 4.79 Å². The molecule has 0 heterocycles. The molecule has 0 aliphatic rings. The largest absolute Gasteiger partial charge is 0.480 e. The van der Waals surface area contributed by atoms with Crippen molar-refractivity contribution in [1.29, 1.82) is 0 Å². The average Bonchev–Trinajstić information content (AvgIpc) is 2.29. The maximum Gasteiger partial charge on any atom is 0.323 e. The molecule has 0 bridgehead atoms. The second-order valence-electron chi connectivity index (χ2n) is 3.39. The van der Waals surface area contributed by atoms with Gasteiger partial charge in [0.05, 0.1) is 6.61 Å². The summed E-state index contributed by atoms with van der Waals surface area (Å²) in [7, 11) is 1.51. The molecule has 0 fully saturated rings. The normalized spacial score (nSPS) is 10.0. The van der Waals surface area contributed by atoms with Gasteiger partial charge in [0.15, 0.2) is 0 Å². The molecular formula is C10H20N2O4S. The Kier molecular flexibility index (Phi) is 9.65. The van der Waals surface area contributed by atoms with Gasteiger partial charge >= 0.3 is 12.0 Å². The summed E-state index contributed by atoms with van der Waals surface area (Å²) in [5.74, 6) is -0.0579. The zero-order valence-corrected chi connectivity index (χ0v) is 11.1. The van der Waals surface area contributed by atoms with Crippen LogP contribution in [-0.4, -0.2) is 67.4 Å². The second-order valence-corrected chi connectivity index (χ2v) is 4.37.